The molecule has 6 heteroatoms. The Morgan fingerprint density at radius 1 is 1.32 bits per heavy atom. The van der Waals surface area contributed by atoms with Gasteiger partial charge >= 0.3 is 0 Å². The summed E-state index contributed by atoms with van der Waals surface area (Å²) in [6.45, 7) is 4.24. The molecule has 1 aliphatic rings. The van der Waals surface area contributed by atoms with Gasteiger partial charge in [0.15, 0.2) is 5.96 Å². The van der Waals surface area contributed by atoms with Crippen molar-refractivity contribution in [2.24, 2.45) is 10.9 Å². The van der Waals surface area contributed by atoms with E-state index in [9.17, 15) is 4.79 Å². The second-order valence-corrected chi connectivity index (χ2v) is 5.06. The minimum absolute atomic E-state index is 0. The molecule has 112 valence electrons. The predicted octanol–water partition coefficient (Wildman–Crippen LogP) is 1.44. The van der Waals surface area contributed by atoms with E-state index >= 15 is 0 Å². The number of amides is 1. The van der Waals surface area contributed by atoms with Gasteiger partial charge in [0.05, 0.1) is 0 Å². The highest BCUT2D eigenvalue weighted by molar-refractivity contribution is 14.0. The van der Waals surface area contributed by atoms with Crippen molar-refractivity contribution < 1.29 is 4.79 Å². The van der Waals surface area contributed by atoms with E-state index < -0.39 is 0 Å². The molecule has 1 rings (SSSR count). The second kappa shape index (κ2) is 10.3. The number of halogens is 1. The number of rotatable bonds is 7. The summed E-state index contributed by atoms with van der Waals surface area (Å²) in [5.74, 6) is 1.59. The van der Waals surface area contributed by atoms with Crippen LogP contribution in [0.1, 0.15) is 32.6 Å². The van der Waals surface area contributed by atoms with E-state index in [1.165, 1.54) is 12.8 Å². The third-order valence-electron chi connectivity index (χ3n) is 2.95. The van der Waals surface area contributed by atoms with Crippen molar-refractivity contribution in [2.75, 3.05) is 33.7 Å². The average molecular weight is 382 g/mol. The maximum Gasteiger partial charge on any atom is 0.243 e. The summed E-state index contributed by atoms with van der Waals surface area (Å²) in [4.78, 5) is 17.4. The van der Waals surface area contributed by atoms with Gasteiger partial charge in [-0.15, -0.1) is 24.0 Å². The number of nitrogens with zero attached hydrogens (tertiary/aromatic N) is 2. The van der Waals surface area contributed by atoms with Crippen LogP contribution in [0.3, 0.4) is 0 Å². The van der Waals surface area contributed by atoms with Crippen LogP contribution in [0, 0.1) is 5.92 Å². The Labute approximate surface area is 133 Å². The predicted molar refractivity (Wildman–Crippen MR) is 90.0 cm³/mol. The quantitative estimate of drug-likeness (QED) is 0.303. The highest BCUT2D eigenvalue weighted by Gasteiger charge is 2.21. The van der Waals surface area contributed by atoms with Crippen LogP contribution in [0.25, 0.3) is 0 Å². The highest BCUT2D eigenvalue weighted by atomic mass is 127. The lowest BCUT2D eigenvalue weighted by atomic mass is 10.3. The number of hydrogen-bond acceptors (Lipinski definition) is 2. The van der Waals surface area contributed by atoms with Gasteiger partial charge in [-0.05, 0) is 25.2 Å². The minimum atomic E-state index is 0. The van der Waals surface area contributed by atoms with Gasteiger partial charge in [0.2, 0.25) is 5.91 Å². The first-order valence-electron chi connectivity index (χ1n) is 6.85. The van der Waals surface area contributed by atoms with Crippen LogP contribution in [-0.4, -0.2) is 50.5 Å². The van der Waals surface area contributed by atoms with Crippen molar-refractivity contribution in [3.05, 3.63) is 0 Å². The Hall–Kier alpha value is -0.530. The van der Waals surface area contributed by atoms with E-state index in [1.807, 2.05) is 0 Å². The molecular weight excluding hydrogens is 355 g/mol. The smallest absolute Gasteiger partial charge is 0.243 e. The standard InChI is InChI=1S/C13H26N4O.HI/c1-4-5-8-14-13(15-9-11-6-7-11)16-10-12(18)17(2)3;/h11H,4-10H2,1-3H3,(H2,14,15,16);1H. The van der Waals surface area contributed by atoms with E-state index in [4.69, 9.17) is 0 Å². The summed E-state index contributed by atoms with van der Waals surface area (Å²) in [5, 5.41) is 6.57. The van der Waals surface area contributed by atoms with E-state index in [-0.39, 0.29) is 36.4 Å². The SMILES string of the molecule is CCCCNC(=NCC(=O)N(C)C)NCC1CC1.I. The number of hydrogen-bond donors (Lipinski definition) is 2. The summed E-state index contributed by atoms with van der Waals surface area (Å²) in [5.41, 5.74) is 0. The first kappa shape index (κ1) is 18.5. The molecule has 0 aromatic heterocycles. The van der Waals surface area contributed by atoms with Crippen LogP contribution in [0.2, 0.25) is 0 Å². The fourth-order valence-corrected chi connectivity index (χ4v) is 1.41. The molecule has 0 atom stereocenters. The Bertz CT molecular complexity index is 290. The zero-order valence-electron chi connectivity index (χ0n) is 12.2. The molecule has 0 bridgehead atoms. The lowest BCUT2D eigenvalue weighted by Gasteiger charge is -2.13. The third kappa shape index (κ3) is 9.07. The number of unbranched alkanes of at least 4 members (excludes halogenated alkanes) is 1. The van der Waals surface area contributed by atoms with Gasteiger partial charge in [-0.25, -0.2) is 4.99 Å². The molecule has 0 heterocycles. The fraction of sp³-hybridized carbons (Fsp3) is 0.846. The lowest BCUT2D eigenvalue weighted by Crippen LogP contribution is -2.39. The number of carbonyl (C=O) groups excluding carboxylic acids is 1. The molecule has 0 spiro atoms. The first-order chi connectivity index (χ1) is 8.63. The van der Waals surface area contributed by atoms with Crippen molar-refractivity contribution in [3.8, 4) is 0 Å². The van der Waals surface area contributed by atoms with Crippen LogP contribution >= 0.6 is 24.0 Å². The van der Waals surface area contributed by atoms with Gasteiger partial charge < -0.3 is 15.5 Å². The summed E-state index contributed by atoms with van der Waals surface area (Å²) >= 11 is 0. The van der Waals surface area contributed by atoms with Gasteiger partial charge in [-0.1, -0.05) is 13.3 Å². The molecule has 1 fully saturated rings. The largest absolute Gasteiger partial charge is 0.356 e. The molecule has 5 nitrogen and oxygen atoms in total. The number of likely N-dealkylation sites (N-methyl/N-ethyl adjacent to an activating group) is 1. The van der Waals surface area contributed by atoms with Gasteiger partial charge in [0, 0.05) is 27.2 Å². The monoisotopic (exact) mass is 382 g/mol. The van der Waals surface area contributed by atoms with Crippen LogP contribution in [0.15, 0.2) is 4.99 Å². The van der Waals surface area contributed by atoms with Crippen molar-refractivity contribution in [1.29, 1.82) is 0 Å². The number of carbonyl (C=O) groups is 1. The lowest BCUT2D eigenvalue weighted by molar-refractivity contribution is -0.127. The van der Waals surface area contributed by atoms with Crippen LogP contribution in [0.5, 0.6) is 0 Å². The van der Waals surface area contributed by atoms with E-state index in [2.05, 4.69) is 22.5 Å². The minimum Gasteiger partial charge on any atom is -0.356 e. The summed E-state index contributed by atoms with van der Waals surface area (Å²) in [6.07, 6.45) is 4.89. The van der Waals surface area contributed by atoms with E-state index in [1.54, 1.807) is 19.0 Å². The van der Waals surface area contributed by atoms with Crippen molar-refractivity contribution >= 4 is 35.8 Å². The first-order valence-corrected chi connectivity index (χ1v) is 6.85. The second-order valence-electron chi connectivity index (χ2n) is 5.06. The zero-order valence-corrected chi connectivity index (χ0v) is 14.6. The van der Waals surface area contributed by atoms with Crippen molar-refractivity contribution in [1.82, 2.24) is 15.5 Å². The van der Waals surface area contributed by atoms with Crippen LogP contribution in [-0.2, 0) is 4.79 Å². The molecule has 19 heavy (non-hydrogen) atoms. The van der Waals surface area contributed by atoms with E-state index in [0.717, 1.165) is 37.8 Å². The number of nitrogens with one attached hydrogen (secondary N) is 2. The maximum atomic E-state index is 11.5. The van der Waals surface area contributed by atoms with Crippen LogP contribution < -0.4 is 10.6 Å². The highest BCUT2D eigenvalue weighted by Crippen LogP contribution is 2.27. The normalized spacial score (nSPS) is 14.6. The summed E-state index contributed by atoms with van der Waals surface area (Å²) in [7, 11) is 3.50. The van der Waals surface area contributed by atoms with Crippen molar-refractivity contribution in [3.63, 3.8) is 0 Å². The topological polar surface area (TPSA) is 56.7 Å². The zero-order chi connectivity index (χ0) is 13.4. The molecule has 0 radical (unpaired) electrons. The Morgan fingerprint density at radius 2 is 2.00 bits per heavy atom. The Morgan fingerprint density at radius 3 is 2.53 bits per heavy atom. The molecule has 2 N–H and O–H groups in total. The van der Waals surface area contributed by atoms with Gasteiger partial charge in [-0.2, -0.15) is 0 Å². The Balaban J connectivity index is 0.00000324. The molecule has 0 unspecified atom stereocenters. The number of aliphatic imine (C=N–C) groups is 1. The molecule has 1 aliphatic carbocycles. The van der Waals surface area contributed by atoms with Gasteiger partial charge in [-0.3, -0.25) is 4.79 Å². The summed E-state index contributed by atoms with van der Waals surface area (Å²) < 4.78 is 0. The Kier molecular flexibility index (Phi) is 9.99. The van der Waals surface area contributed by atoms with Gasteiger partial charge in [0.1, 0.15) is 6.54 Å². The molecule has 1 amide bonds. The maximum absolute atomic E-state index is 11.5. The molecule has 1 saturated carbocycles. The number of guanidine groups is 1. The van der Waals surface area contributed by atoms with Crippen LogP contribution in [0.4, 0.5) is 0 Å². The van der Waals surface area contributed by atoms with E-state index in [0.29, 0.717) is 0 Å². The molecule has 0 aliphatic heterocycles. The third-order valence-corrected chi connectivity index (χ3v) is 2.95. The van der Waals surface area contributed by atoms with Crippen molar-refractivity contribution in [2.45, 2.75) is 32.6 Å². The molecule has 0 aromatic rings. The fourth-order valence-electron chi connectivity index (χ4n) is 1.41. The molecule has 0 aromatic carbocycles. The summed E-state index contributed by atoms with van der Waals surface area (Å²) in [6, 6.07) is 0. The molecular formula is C13H27IN4O. The van der Waals surface area contributed by atoms with Gasteiger partial charge in [0.25, 0.3) is 0 Å². The average Bonchev–Trinajstić information content (AvgIpc) is 3.15. The molecule has 0 saturated heterocycles.